The van der Waals surface area contributed by atoms with Crippen LogP contribution < -0.4 is 5.32 Å². The first-order valence-electron chi connectivity index (χ1n) is 7.71. The summed E-state index contributed by atoms with van der Waals surface area (Å²) in [5.41, 5.74) is 1.03. The Hall–Kier alpha value is -2.67. The maximum Gasteiger partial charge on any atom is 0.335 e. The first kappa shape index (κ1) is 18.7. The number of rotatable bonds is 6. The van der Waals surface area contributed by atoms with Crippen LogP contribution in [-0.4, -0.2) is 31.2 Å². The predicted molar refractivity (Wildman–Crippen MR) is 93.5 cm³/mol. The molecule has 2 N–H and O–H groups in total. The number of hydrogen-bond donors (Lipinski definition) is 2. The number of sulfone groups is 1. The summed E-state index contributed by atoms with van der Waals surface area (Å²) < 4.78 is 23.6. The molecule has 1 amide bonds. The van der Waals surface area contributed by atoms with Gasteiger partial charge in [-0.15, -0.1) is 0 Å². The summed E-state index contributed by atoms with van der Waals surface area (Å²) >= 11 is 0. The Morgan fingerprint density at radius 1 is 1.08 bits per heavy atom. The molecular weight excluding hydrogens is 342 g/mol. The lowest BCUT2D eigenvalue weighted by Gasteiger charge is -2.15. The fraction of sp³-hybridized carbons (Fsp3) is 0.222. The summed E-state index contributed by atoms with van der Waals surface area (Å²) in [6, 6.07) is 11.7. The second-order valence-electron chi connectivity index (χ2n) is 5.55. The Morgan fingerprint density at radius 2 is 1.68 bits per heavy atom. The van der Waals surface area contributed by atoms with E-state index in [1.165, 1.54) is 36.4 Å². The monoisotopic (exact) mass is 361 g/mol. The molecule has 0 aliphatic heterocycles. The third-order valence-electron chi connectivity index (χ3n) is 3.84. The molecule has 2 aromatic carbocycles. The van der Waals surface area contributed by atoms with Crippen molar-refractivity contribution in [2.24, 2.45) is 0 Å². The van der Waals surface area contributed by atoms with Crippen LogP contribution in [0.2, 0.25) is 0 Å². The Bertz CT molecular complexity index is 888. The van der Waals surface area contributed by atoms with E-state index in [0.717, 1.165) is 5.56 Å². The van der Waals surface area contributed by atoms with Gasteiger partial charge in [0.15, 0.2) is 9.84 Å². The van der Waals surface area contributed by atoms with E-state index in [9.17, 15) is 18.0 Å². The molecule has 6 nitrogen and oxygen atoms in total. The molecule has 0 fully saturated rings. The zero-order valence-electron chi connectivity index (χ0n) is 13.9. The van der Waals surface area contributed by atoms with Crippen molar-refractivity contribution in [3.8, 4) is 0 Å². The van der Waals surface area contributed by atoms with Gasteiger partial charge in [0.2, 0.25) is 0 Å². The fourth-order valence-corrected chi connectivity index (χ4v) is 3.17. The van der Waals surface area contributed by atoms with Crippen molar-refractivity contribution in [2.75, 3.05) is 5.75 Å². The second kappa shape index (κ2) is 7.48. The first-order chi connectivity index (χ1) is 11.7. The Kier molecular flexibility index (Phi) is 5.58. The van der Waals surface area contributed by atoms with E-state index in [2.05, 4.69) is 5.32 Å². The van der Waals surface area contributed by atoms with E-state index in [-0.39, 0.29) is 27.8 Å². The van der Waals surface area contributed by atoms with Crippen LogP contribution >= 0.6 is 0 Å². The molecule has 0 aromatic heterocycles. The van der Waals surface area contributed by atoms with E-state index in [4.69, 9.17) is 5.11 Å². The van der Waals surface area contributed by atoms with Gasteiger partial charge in [0.25, 0.3) is 5.91 Å². The topological polar surface area (TPSA) is 101 Å². The first-order valence-corrected chi connectivity index (χ1v) is 9.36. The normalized spacial score (nSPS) is 12.4. The molecule has 1 unspecified atom stereocenters. The standard InChI is InChI=1S/C18H19NO5S/c1-3-25(23,24)16-9-7-13(8-10-16)12(2)19-17(20)14-5-4-6-15(11-14)18(21)22/h4-12H,3H2,1-2H3,(H,19,20)(H,21,22). The van der Waals surface area contributed by atoms with E-state index in [0.29, 0.717) is 0 Å². The number of hydrogen-bond acceptors (Lipinski definition) is 4. The average molecular weight is 361 g/mol. The highest BCUT2D eigenvalue weighted by atomic mass is 32.2. The highest BCUT2D eigenvalue weighted by Crippen LogP contribution is 2.18. The number of carboxylic acid groups (broad SMARTS) is 1. The molecule has 0 aliphatic carbocycles. The molecule has 0 saturated heterocycles. The van der Waals surface area contributed by atoms with Crippen molar-refractivity contribution in [1.29, 1.82) is 0 Å². The number of carboxylic acids is 1. The Labute approximate surface area is 146 Å². The highest BCUT2D eigenvalue weighted by Gasteiger charge is 2.15. The SMILES string of the molecule is CCS(=O)(=O)c1ccc(C(C)NC(=O)c2cccc(C(=O)O)c2)cc1. The predicted octanol–water partition coefficient (Wildman–Crippen LogP) is 2.67. The van der Waals surface area contributed by atoms with Crippen LogP contribution in [0.25, 0.3) is 0 Å². The number of carbonyl (C=O) groups is 2. The molecule has 7 heteroatoms. The lowest BCUT2D eigenvalue weighted by atomic mass is 10.1. The summed E-state index contributed by atoms with van der Waals surface area (Å²) in [6.07, 6.45) is 0. The number of aromatic carboxylic acids is 1. The zero-order chi connectivity index (χ0) is 18.6. The van der Waals surface area contributed by atoms with Crippen LogP contribution in [0.3, 0.4) is 0 Å². The van der Waals surface area contributed by atoms with Crippen molar-refractivity contribution in [3.05, 3.63) is 65.2 Å². The molecule has 25 heavy (non-hydrogen) atoms. The molecule has 0 radical (unpaired) electrons. The van der Waals surface area contributed by atoms with Crippen molar-refractivity contribution < 1.29 is 23.1 Å². The van der Waals surface area contributed by atoms with Gasteiger partial charge in [0, 0.05) is 5.56 Å². The van der Waals surface area contributed by atoms with Gasteiger partial charge < -0.3 is 10.4 Å². The van der Waals surface area contributed by atoms with Gasteiger partial charge in [0.1, 0.15) is 0 Å². The van der Waals surface area contributed by atoms with Crippen LogP contribution in [0.15, 0.2) is 53.4 Å². The van der Waals surface area contributed by atoms with Crippen LogP contribution in [-0.2, 0) is 9.84 Å². The van der Waals surface area contributed by atoms with Gasteiger partial charge >= 0.3 is 5.97 Å². The van der Waals surface area contributed by atoms with Crippen molar-refractivity contribution in [1.82, 2.24) is 5.32 Å². The lowest BCUT2D eigenvalue weighted by Crippen LogP contribution is -2.26. The minimum absolute atomic E-state index is 0.0263. The van der Waals surface area contributed by atoms with Crippen molar-refractivity contribution >= 4 is 21.7 Å². The summed E-state index contributed by atoms with van der Waals surface area (Å²) in [5, 5.41) is 11.8. The van der Waals surface area contributed by atoms with Gasteiger partial charge in [-0.2, -0.15) is 0 Å². The molecule has 0 saturated carbocycles. The maximum absolute atomic E-state index is 12.3. The quantitative estimate of drug-likeness (QED) is 0.824. The van der Waals surface area contributed by atoms with Crippen LogP contribution in [0.1, 0.15) is 46.2 Å². The maximum atomic E-state index is 12.3. The second-order valence-corrected chi connectivity index (χ2v) is 7.83. The molecule has 0 aliphatic rings. The van der Waals surface area contributed by atoms with Gasteiger partial charge in [-0.05, 0) is 42.8 Å². The molecular formula is C18H19NO5S. The average Bonchev–Trinajstić information content (AvgIpc) is 2.61. The van der Waals surface area contributed by atoms with Crippen LogP contribution in [0, 0.1) is 0 Å². The largest absolute Gasteiger partial charge is 0.478 e. The minimum atomic E-state index is -3.26. The molecule has 0 bridgehead atoms. The zero-order valence-corrected chi connectivity index (χ0v) is 14.7. The number of amides is 1. The Morgan fingerprint density at radius 3 is 2.24 bits per heavy atom. The van der Waals surface area contributed by atoms with Gasteiger partial charge in [-0.1, -0.05) is 25.1 Å². The smallest absolute Gasteiger partial charge is 0.335 e. The number of carbonyl (C=O) groups excluding carboxylic acids is 1. The fourth-order valence-electron chi connectivity index (χ4n) is 2.29. The van der Waals surface area contributed by atoms with E-state index >= 15 is 0 Å². The molecule has 132 valence electrons. The molecule has 0 heterocycles. The number of nitrogens with one attached hydrogen (secondary N) is 1. The molecule has 2 rings (SSSR count). The third-order valence-corrected chi connectivity index (χ3v) is 5.59. The third kappa shape index (κ3) is 4.45. The Balaban J connectivity index is 2.14. The van der Waals surface area contributed by atoms with Crippen LogP contribution in [0.4, 0.5) is 0 Å². The lowest BCUT2D eigenvalue weighted by molar-refractivity contribution is 0.0697. The van der Waals surface area contributed by atoms with Gasteiger partial charge in [0.05, 0.1) is 22.3 Å². The van der Waals surface area contributed by atoms with E-state index in [1.54, 1.807) is 26.0 Å². The minimum Gasteiger partial charge on any atom is -0.478 e. The summed E-state index contributed by atoms with van der Waals surface area (Å²) in [4.78, 5) is 23.5. The van der Waals surface area contributed by atoms with Crippen LogP contribution in [0.5, 0.6) is 0 Å². The summed E-state index contributed by atoms with van der Waals surface area (Å²) in [6.45, 7) is 3.35. The molecule has 1 atom stereocenters. The van der Waals surface area contributed by atoms with E-state index < -0.39 is 21.7 Å². The van der Waals surface area contributed by atoms with Gasteiger partial charge in [-0.3, -0.25) is 4.79 Å². The number of benzene rings is 2. The molecule has 2 aromatic rings. The van der Waals surface area contributed by atoms with Crippen molar-refractivity contribution in [3.63, 3.8) is 0 Å². The summed E-state index contributed by atoms with van der Waals surface area (Å²) in [7, 11) is -3.26. The highest BCUT2D eigenvalue weighted by molar-refractivity contribution is 7.91. The molecule has 0 spiro atoms. The van der Waals surface area contributed by atoms with Crippen molar-refractivity contribution in [2.45, 2.75) is 24.8 Å². The van der Waals surface area contributed by atoms with Gasteiger partial charge in [-0.25, -0.2) is 13.2 Å². The van der Waals surface area contributed by atoms with E-state index in [1.807, 2.05) is 0 Å². The summed E-state index contributed by atoms with van der Waals surface area (Å²) in [5.74, 6) is -1.48.